The van der Waals surface area contributed by atoms with Crippen molar-refractivity contribution in [1.29, 1.82) is 0 Å². The van der Waals surface area contributed by atoms with Crippen LogP contribution in [-0.4, -0.2) is 37.7 Å². The van der Waals surface area contributed by atoms with Gasteiger partial charge < -0.3 is 19.5 Å². The van der Waals surface area contributed by atoms with Gasteiger partial charge in [0.15, 0.2) is 0 Å². The van der Waals surface area contributed by atoms with E-state index in [4.69, 9.17) is 14.2 Å². The average Bonchev–Trinajstić information content (AvgIpc) is 2.74. The maximum atomic E-state index is 13.0. The lowest BCUT2D eigenvalue weighted by atomic mass is 9.78. The molecule has 0 unspecified atom stereocenters. The fourth-order valence-electron chi connectivity index (χ4n) is 3.71. The second-order valence-electron chi connectivity index (χ2n) is 7.25. The van der Waals surface area contributed by atoms with Crippen molar-refractivity contribution in [2.45, 2.75) is 47.5 Å². The molecule has 1 aromatic rings. The van der Waals surface area contributed by atoms with Gasteiger partial charge in [-0.05, 0) is 58.7 Å². The molecule has 7 heteroatoms. The van der Waals surface area contributed by atoms with E-state index in [0.29, 0.717) is 39.2 Å². The molecule has 0 aromatic heterocycles. The van der Waals surface area contributed by atoms with Gasteiger partial charge in [0.1, 0.15) is 0 Å². The molecule has 1 heterocycles. The van der Waals surface area contributed by atoms with Crippen LogP contribution in [0.2, 0.25) is 0 Å². The number of dihydropyridines is 1. The fourth-order valence-corrected chi connectivity index (χ4v) is 3.71. The van der Waals surface area contributed by atoms with Crippen LogP contribution in [0.15, 0.2) is 52.4 Å². The first-order valence-electron chi connectivity index (χ1n) is 10.7. The van der Waals surface area contributed by atoms with Crippen LogP contribution < -0.4 is 5.32 Å². The molecule has 2 rings (SSSR count). The van der Waals surface area contributed by atoms with Gasteiger partial charge in [-0.2, -0.15) is 0 Å². The van der Waals surface area contributed by atoms with Gasteiger partial charge in [0.2, 0.25) is 0 Å². The van der Waals surface area contributed by atoms with Gasteiger partial charge in [-0.25, -0.2) is 14.4 Å². The Balaban J connectivity index is 2.74. The van der Waals surface area contributed by atoms with Crippen molar-refractivity contribution in [2.75, 3.05) is 19.8 Å². The third-order valence-corrected chi connectivity index (χ3v) is 5.03. The van der Waals surface area contributed by atoms with Crippen LogP contribution in [0, 0.1) is 0 Å². The lowest BCUT2D eigenvalue weighted by molar-refractivity contribution is -0.140. The first-order valence-corrected chi connectivity index (χ1v) is 10.7. The van der Waals surface area contributed by atoms with Crippen LogP contribution in [0.4, 0.5) is 0 Å². The highest BCUT2D eigenvalue weighted by atomic mass is 16.5. The molecule has 0 radical (unpaired) electrons. The maximum Gasteiger partial charge on any atom is 0.336 e. The molecule has 0 amide bonds. The predicted octanol–water partition coefficient (Wildman–Crippen LogP) is 4.01. The molecule has 0 spiro atoms. The summed E-state index contributed by atoms with van der Waals surface area (Å²) in [4.78, 5) is 38.1. The highest BCUT2D eigenvalue weighted by molar-refractivity contribution is 6.00. The summed E-state index contributed by atoms with van der Waals surface area (Å²) in [5.74, 6) is -2.19. The van der Waals surface area contributed by atoms with Gasteiger partial charge >= 0.3 is 17.9 Å². The molecule has 172 valence electrons. The van der Waals surface area contributed by atoms with Crippen LogP contribution in [0.1, 0.15) is 58.6 Å². The van der Waals surface area contributed by atoms with Crippen molar-refractivity contribution in [2.24, 2.45) is 0 Å². The lowest BCUT2D eigenvalue weighted by Crippen LogP contribution is -2.32. The van der Waals surface area contributed by atoms with Crippen LogP contribution in [0.25, 0.3) is 6.08 Å². The van der Waals surface area contributed by atoms with E-state index in [-0.39, 0.29) is 19.8 Å². The van der Waals surface area contributed by atoms with E-state index in [1.165, 1.54) is 0 Å². The van der Waals surface area contributed by atoms with E-state index in [1.54, 1.807) is 47.6 Å². The molecule has 32 heavy (non-hydrogen) atoms. The van der Waals surface area contributed by atoms with Gasteiger partial charge in [-0.3, -0.25) is 0 Å². The number of nitrogens with one attached hydrogen (secondary N) is 1. The summed E-state index contributed by atoms with van der Waals surface area (Å²) in [6.07, 6.45) is 1.70. The Hall–Kier alpha value is -3.35. The highest BCUT2D eigenvalue weighted by Gasteiger charge is 2.38. The number of carbonyl (C=O) groups excluding carboxylic acids is 3. The standard InChI is InChI=1S/C25H31NO6/c1-7-30-23(27)15(4)14-18-12-10-11-13-19(18)22-20(24(28)31-8-2)16(5)26-17(6)21(22)25(29)32-9-3/h10-14,22,26H,7-9H2,1-6H3/b15-14+. The molecule has 0 aliphatic carbocycles. The zero-order valence-electron chi connectivity index (χ0n) is 19.5. The minimum atomic E-state index is -0.725. The second kappa shape index (κ2) is 11.3. The van der Waals surface area contributed by atoms with E-state index in [9.17, 15) is 14.4 Å². The number of hydrogen-bond acceptors (Lipinski definition) is 7. The van der Waals surface area contributed by atoms with Crippen molar-refractivity contribution in [1.82, 2.24) is 5.32 Å². The number of ether oxygens (including phenoxy) is 3. The zero-order valence-corrected chi connectivity index (χ0v) is 19.5. The molecule has 1 aliphatic rings. The van der Waals surface area contributed by atoms with E-state index in [1.807, 2.05) is 24.3 Å². The van der Waals surface area contributed by atoms with Gasteiger partial charge in [-0.1, -0.05) is 24.3 Å². The Labute approximate surface area is 189 Å². The summed E-state index contributed by atoms with van der Waals surface area (Å²) in [7, 11) is 0. The first kappa shape index (κ1) is 24.9. The Morgan fingerprint density at radius 3 is 1.88 bits per heavy atom. The predicted molar refractivity (Wildman–Crippen MR) is 121 cm³/mol. The van der Waals surface area contributed by atoms with Crippen LogP contribution in [0.3, 0.4) is 0 Å². The fraction of sp³-hybridized carbons (Fsp3) is 0.400. The molecular formula is C25H31NO6. The summed E-state index contributed by atoms with van der Waals surface area (Å²) in [6.45, 7) is 11.1. The number of allylic oxidation sites excluding steroid dienone is 2. The molecule has 0 fully saturated rings. The molecule has 1 aliphatic heterocycles. The van der Waals surface area contributed by atoms with Crippen LogP contribution in [-0.2, 0) is 28.6 Å². The molecule has 1 N–H and O–H groups in total. The number of hydrogen-bond donors (Lipinski definition) is 1. The number of rotatable bonds is 8. The summed E-state index contributed by atoms with van der Waals surface area (Å²) >= 11 is 0. The molecule has 0 saturated carbocycles. The molecule has 1 aromatic carbocycles. The van der Waals surface area contributed by atoms with Gasteiger partial charge in [0.05, 0.1) is 36.9 Å². The minimum Gasteiger partial charge on any atom is -0.463 e. The maximum absolute atomic E-state index is 13.0. The molecule has 0 bridgehead atoms. The van der Waals surface area contributed by atoms with Crippen molar-refractivity contribution in [3.63, 3.8) is 0 Å². The van der Waals surface area contributed by atoms with Crippen molar-refractivity contribution >= 4 is 24.0 Å². The average molecular weight is 442 g/mol. The Kier molecular flexibility index (Phi) is 8.81. The van der Waals surface area contributed by atoms with Crippen molar-refractivity contribution < 1.29 is 28.6 Å². The molecule has 7 nitrogen and oxygen atoms in total. The molecule has 0 saturated heterocycles. The SMILES string of the molecule is CCOC(=O)C1=C(C)NC(C)=C(C(=O)OCC)C1c1ccccc1/C=C(\C)C(=O)OCC. The third kappa shape index (κ3) is 5.46. The van der Waals surface area contributed by atoms with E-state index in [2.05, 4.69) is 5.32 Å². The van der Waals surface area contributed by atoms with Crippen LogP contribution in [0.5, 0.6) is 0 Å². The van der Waals surface area contributed by atoms with Gasteiger partial charge in [0.25, 0.3) is 0 Å². The van der Waals surface area contributed by atoms with Crippen LogP contribution >= 0.6 is 0 Å². The normalized spacial score (nSPS) is 14.8. The monoisotopic (exact) mass is 441 g/mol. The van der Waals surface area contributed by atoms with Gasteiger partial charge in [0, 0.05) is 17.0 Å². The van der Waals surface area contributed by atoms with E-state index < -0.39 is 23.8 Å². The second-order valence-corrected chi connectivity index (χ2v) is 7.25. The number of benzene rings is 1. The minimum absolute atomic E-state index is 0.198. The smallest absolute Gasteiger partial charge is 0.336 e. The molecule has 0 atom stereocenters. The van der Waals surface area contributed by atoms with Crippen molar-refractivity contribution in [3.8, 4) is 0 Å². The Morgan fingerprint density at radius 1 is 0.875 bits per heavy atom. The van der Waals surface area contributed by atoms with Gasteiger partial charge in [-0.15, -0.1) is 0 Å². The first-order chi connectivity index (χ1) is 15.3. The number of carbonyl (C=O) groups is 3. The van der Waals surface area contributed by atoms with Crippen molar-refractivity contribution in [3.05, 3.63) is 63.5 Å². The quantitative estimate of drug-likeness (QED) is 0.370. The van der Waals surface area contributed by atoms with E-state index in [0.717, 1.165) is 0 Å². The summed E-state index contributed by atoms with van der Waals surface area (Å²) in [5, 5.41) is 3.12. The Morgan fingerprint density at radius 2 is 1.38 bits per heavy atom. The van der Waals surface area contributed by atoms with E-state index >= 15 is 0 Å². The third-order valence-electron chi connectivity index (χ3n) is 5.03. The molecular weight excluding hydrogens is 410 g/mol. The topological polar surface area (TPSA) is 90.9 Å². The summed E-state index contributed by atoms with van der Waals surface area (Å²) in [6, 6.07) is 7.32. The highest BCUT2D eigenvalue weighted by Crippen LogP contribution is 2.41. The zero-order chi connectivity index (χ0) is 23.8. The summed E-state index contributed by atoms with van der Waals surface area (Å²) < 4.78 is 15.7. The number of esters is 3. The largest absolute Gasteiger partial charge is 0.463 e. The summed E-state index contributed by atoms with van der Waals surface area (Å²) in [5.41, 5.74) is 3.63. The Bertz CT molecular complexity index is 946. The lowest BCUT2D eigenvalue weighted by Gasteiger charge is -2.31.